The van der Waals surface area contributed by atoms with Gasteiger partial charge in [-0.1, -0.05) is 71.4 Å². The van der Waals surface area contributed by atoms with Gasteiger partial charge in [0.05, 0.1) is 28.5 Å². The molecule has 0 radical (unpaired) electrons. The van der Waals surface area contributed by atoms with Crippen LogP contribution < -0.4 is 5.32 Å². The fourth-order valence-electron chi connectivity index (χ4n) is 3.99. The molecular formula is C28H25ClF3N3O2S. The molecule has 198 valence electrons. The number of hydrogen-bond acceptors (Lipinski definition) is 4. The maximum Gasteiger partial charge on any atom is 0.416 e. The topological polar surface area (TPSA) is 61.8 Å². The van der Waals surface area contributed by atoms with Gasteiger partial charge < -0.3 is 5.32 Å². The van der Waals surface area contributed by atoms with E-state index in [2.05, 4.69) is 5.32 Å². The van der Waals surface area contributed by atoms with Crippen molar-refractivity contribution in [2.24, 2.45) is 4.99 Å². The molecule has 4 rings (SSSR count). The molecule has 1 N–H and O–H groups in total. The summed E-state index contributed by atoms with van der Waals surface area (Å²) in [6.07, 6.45) is -4.84. The Morgan fingerprint density at radius 1 is 1.05 bits per heavy atom. The van der Waals surface area contributed by atoms with E-state index >= 15 is 0 Å². The zero-order chi connectivity index (χ0) is 27.6. The van der Waals surface area contributed by atoms with Crippen LogP contribution in [0.15, 0.2) is 65.7 Å². The summed E-state index contributed by atoms with van der Waals surface area (Å²) in [6.45, 7) is 6.11. The number of nitrogens with one attached hydrogen (secondary N) is 1. The Hall–Kier alpha value is -3.30. The number of alkyl halides is 3. The first-order chi connectivity index (χ1) is 17.9. The highest BCUT2D eigenvalue weighted by Crippen LogP contribution is 2.36. The number of thioether (sulfide) groups is 1. The Balaban J connectivity index is 1.59. The Kier molecular flexibility index (Phi) is 8.18. The molecule has 3 aromatic carbocycles. The van der Waals surface area contributed by atoms with Crippen LogP contribution in [0.5, 0.6) is 0 Å². The van der Waals surface area contributed by atoms with Crippen molar-refractivity contribution in [1.82, 2.24) is 4.90 Å². The number of anilines is 1. The van der Waals surface area contributed by atoms with Crippen molar-refractivity contribution < 1.29 is 22.8 Å². The van der Waals surface area contributed by atoms with E-state index in [-0.39, 0.29) is 29.6 Å². The summed E-state index contributed by atoms with van der Waals surface area (Å²) in [6, 6.07) is 16.3. The molecule has 10 heteroatoms. The van der Waals surface area contributed by atoms with Gasteiger partial charge in [-0.15, -0.1) is 0 Å². The number of aryl methyl sites for hydroxylation is 3. The molecule has 2 amide bonds. The Morgan fingerprint density at radius 2 is 1.71 bits per heavy atom. The molecule has 1 atom stereocenters. The molecule has 5 nitrogen and oxygen atoms in total. The summed E-state index contributed by atoms with van der Waals surface area (Å²) < 4.78 is 39.3. The summed E-state index contributed by atoms with van der Waals surface area (Å²) in [5.41, 5.74) is 3.53. The maximum absolute atomic E-state index is 13.5. The smallest absolute Gasteiger partial charge is 0.325 e. The monoisotopic (exact) mass is 559 g/mol. The number of para-hydroxylation sites is 1. The molecule has 38 heavy (non-hydrogen) atoms. The van der Waals surface area contributed by atoms with Crippen molar-refractivity contribution in [3.8, 4) is 0 Å². The van der Waals surface area contributed by atoms with Crippen LogP contribution in [0.4, 0.5) is 24.5 Å². The third-order valence-corrected chi connectivity index (χ3v) is 7.57. The van der Waals surface area contributed by atoms with E-state index in [9.17, 15) is 22.8 Å². The molecule has 0 aromatic heterocycles. The van der Waals surface area contributed by atoms with Crippen molar-refractivity contribution in [3.63, 3.8) is 0 Å². The highest BCUT2D eigenvalue weighted by molar-refractivity contribution is 8.15. The standard InChI is InChI=1S/C28H25ClF3N3O2S/c1-16-7-9-19(10-8-16)15-35-26(37)23(38-27(35)34-25-17(2)5-4-6-18(25)3)14-24(36)33-22-13-20(28(30,31)32)11-12-21(22)29/h4-13,23H,14-15H2,1-3H3,(H,33,36)/t23-/m1/s1. The zero-order valence-corrected chi connectivity index (χ0v) is 22.5. The maximum atomic E-state index is 13.5. The van der Waals surface area contributed by atoms with E-state index in [0.29, 0.717) is 5.17 Å². The minimum Gasteiger partial charge on any atom is -0.325 e. The number of carbonyl (C=O) groups excluding carboxylic acids is 2. The van der Waals surface area contributed by atoms with Crippen LogP contribution in [0, 0.1) is 20.8 Å². The average molecular weight is 560 g/mol. The van der Waals surface area contributed by atoms with Gasteiger partial charge in [-0.25, -0.2) is 4.99 Å². The lowest BCUT2D eigenvalue weighted by atomic mass is 10.1. The lowest BCUT2D eigenvalue weighted by Gasteiger charge is -2.17. The highest BCUT2D eigenvalue weighted by Gasteiger charge is 2.39. The first-order valence-electron chi connectivity index (χ1n) is 11.8. The molecule has 0 bridgehead atoms. The molecule has 3 aromatic rings. The third kappa shape index (κ3) is 6.39. The number of rotatable bonds is 6. The summed E-state index contributed by atoms with van der Waals surface area (Å²) in [4.78, 5) is 32.6. The number of aliphatic imine (C=N–C) groups is 1. The Bertz CT molecular complexity index is 1390. The van der Waals surface area contributed by atoms with Crippen molar-refractivity contribution in [3.05, 3.63) is 93.5 Å². The number of amidine groups is 1. The quantitative estimate of drug-likeness (QED) is 0.341. The van der Waals surface area contributed by atoms with Gasteiger partial charge in [-0.05, 0) is 55.7 Å². The third-order valence-electron chi connectivity index (χ3n) is 6.07. The molecule has 1 fully saturated rings. The number of amides is 2. The molecule has 0 unspecified atom stereocenters. The van der Waals surface area contributed by atoms with Gasteiger partial charge in [0, 0.05) is 6.42 Å². The molecule has 1 saturated heterocycles. The average Bonchev–Trinajstić information content (AvgIpc) is 3.12. The SMILES string of the molecule is Cc1ccc(CN2C(=O)[C@@H](CC(=O)Nc3cc(C(F)(F)F)ccc3Cl)SC2=Nc2c(C)cccc2C)cc1. The summed E-state index contributed by atoms with van der Waals surface area (Å²) in [7, 11) is 0. The summed E-state index contributed by atoms with van der Waals surface area (Å²) >= 11 is 7.19. The van der Waals surface area contributed by atoms with Crippen LogP contribution >= 0.6 is 23.4 Å². The lowest BCUT2D eigenvalue weighted by molar-refractivity contribution is -0.137. The zero-order valence-electron chi connectivity index (χ0n) is 20.9. The van der Waals surface area contributed by atoms with E-state index in [1.165, 1.54) is 0 Å². The summed E-state index contributed by atoms with van der Waals surface area (Å²) in [5, 5.41) is 2.06. The van der Waals surface area contributed by atoms with Crippen LogP contribution in [0.2, 0.25) is 5.02 Å². The number of carbonyl (C=O) groups is 2. The van der Waals surface area contributed by atoms with Gasteiger partial charge in [0.25, 0.3) is 0 Å². The lowest BCUT2D eigenvalue weighted by Crippen LogP contribution is -2.33. The minimum atomic E-state index is -4.59. The molecule has 1 heterocycles. The van der Waals surface area contributed by atoms with Crippen LogP contribution in [-0.2, 0) is 22.3 Å². The molecule has 1 aliphatic rings. The van der Waals surface area contributed by atoms with Gasteiger partial charge in [0.15, 0.2) is 5.17 Å². The number of hydrogen-bond donors (Lipinski definition) is 1. The second kappa shape index (κ2) is 11.2. The number of halogens is 4. The van der Waals surface area contributed by atoms with Gasteiger partial charge in [0.2, 0.25) is 11.8 Å². The van der Waals surface area contributed by atoms with E-state index < -0.39 is 22.9 Å². The first kappa shape index (κ1) is 27.7. The minimum absolute atomic E-state index is 0.0324. The largest absolute Gasteiger partial charge is 0.416 e. The molecule has 0 saturated carbocycles. The highest BCUT2D eigenvalue weighted by atomic mass is 35.5. The first-order valence-corrected chi connectivity index (χ1v) is 13.0. The van der Waals surface area contributed by atoms with Crippen molar-refractivity contribution >= 4 is 51.7 Å². The normalized spacial score (nSPS) is 16.8. The van der Waals surface area contributed by atoms with Crippen LogP contribution in [-0.4, -0.2) is 27.1 Å². The Labute approximate surface area is 228 Å². The summed E-state index contributed by atoms with van der Waals surface area (Å²) in [5.74, 6) is -0.925. The van der Waals surface area contributed by atoms with Crippen LogP contribution in [0.1, 0.15) is 34.2 Å². The molecule has 0 spiro atoms. The van der Waals surface area contributed by atoms with Gasteiger partial charge in [-0.2, -0.15) is 13.2 Å². The molecule has 1 aliphatic heterocycles. The molecular weight excluding hydrogens is 535 g/mol. The van der Waals surface area contributed by atoms with E-state index in [1.807, 2.05) is 63.2 Å². The van der Waals surface area contributed by atoms with E-state index in [1.54, 1.807) is 4.90 Å². The van der Waals surface area contributed by atoms with Crippen molar-refractivity contribution in [1.29, 1.82) is 0 Å². The predicted molar refractivity (Wildman–Crippen MR) is 146 cm³/mol. The number of nitrogens with zero attached hydrogens (tertiary/aromatic N) is 2. The predicted octanol–water partition coefficient (Wildman–Crippen LogP) is 7.44. The van der Waals surface area contributed by atoms with Crippen LogP contribution in [0.25, 0.3) is 0 Å². The second-order valence-electron chi connectivity index (χ2n) is 9.10. The van der Waals surface area contributed by atoms with Gasteiger partial charge >= 0.3 is 6.18 Å². The fourth-order valence-corrected chi connectivity index (χ4v) is 5.30. The van der Waals surface area contributed by atoms with Gasteiger partial charge in [-0.3, -0.25) is 14.5 Å². The van der Waals surface area contributed by atoms with E-state index in [0.717, 1.165) is 57.9 Å². The fraction of sp³-hybridized carbons (Fsp3) is 0.250. The number of benzene rings is 3. The Morgan fingerprint density at radius 3 is 2.34 bits per heavy atom. The second-order valence-corrected chi connectivity index (χ2v) is 10.7. The van der Waals surface area contributed by atoms with Crippen LogP contribution in [0.3, 0.4) is 0 Å². The van der Waals surface area contributed by atoms with Crippen molar-refractivity contribution in [2.45, 2.75) is 45.2 Å². The van der Waals surface area contributed by atoms with Gasteiger partial charge in [0.1, 0.15) is 5.25 Å². The molecule has 0 aliphatic carbocycles. The van der Waals surface area contributed by atoms with Crippen molar-refractivity contribution in [2.75, 3.05) is 5.32 Å². The van der Waals surface area contributed by atoms with E-state index in [4.69, 9.17) is 16.6 Å².